The molecule has 3 aliphatic rings. The second-order valence-electron chi connectivity index (χ2n) is 9.14. The van der Waals surface area contributed by atoms with Gasteiger partial charge in [0.15, 0.2) is 0 Å². The summed E-state index contributed by atoms with van der Waals surface area (Å²) in [5.74, 6) is 0. The normalized spacial score (nSPS) is 34.7. The summed E-state index contributed by atoms with van der Waals surface area (Å²) in [5, 5.41) is 0. The third-order valence-electron chi connectivity index (χ3n) is 7.57. The van der Waals surface area contributed by atoms with Gasteiger partial charge in [0.05, 0.1) is 5.60 Å². The smallest absolute Gasteiger partial charge is 0.0807 e. The molecule has 1 heterocycles. The molecule has 1 aromatic rings. The van der Waals surface area contributed by atoms with Crippen LogP contribution in [0.5, 0.6) is 0 Å². The lowest BCUT2D eigenvalue weighted by atomic mass is 9.64. The number of hydrogen-bond acceptors (Lipinski definition) is 3. The first-order chi connectivity index (χ1) is 12.0. The zero-order chi connectivity index (χ0) is 17.5. The van der Waals surface area contributed by atoms with Crippen LogP contribution in [0.1, 0.15) is 50.5 Å². The molecule has 1 aromatic carbocycles. The van der Waals surface area contributed by atoms with E-state index in [4.69, 9.17) is 4.74 Å². The molecule has 1 aliphatic heterocycles. The summed E-state index contributed by atoms with van der Waals surface area (Å²) in [4.78, 5) is 5.17. The number of hydrogen-bond donors (Lipinski definition) is 0. The molecule has 0 amide bonds. The molecular weight excluding hydrogens is 308 g/mol. The molecule has 2 saturated carbocycles. The van der Waals surface area contributed by atoms with E-state index in [2.05, 4.69) is 54.2 Å². The Bertz CT molecular complexity index is 585. The summed E-state index contributed by atoms with van der Waals surface area (Å²) < 4.78 is 5.76. The minimum absolute atomic E-state index is 0.206. The van der Waals surface area contributed by atoms with Crippen molar-refractivity contribution in [2.75, 3.05) is 40.8 Å². The quantitative estimate of drug-likeness (QED) is 0.807. The average molecular weight is 343 g/mol. The number of benzene rings is 1. The Labute approximate surface area is 153 Å². The maximum atomic E-state index is 5.76. The lowest BCUT2D eigenvalue weighted by molar-refractivity contribution is 0.0255. The van der Waals surface area contributed by atoms with Gasteiger partial charge in [-0.1, -0.05) is 30.3 Å². The second kappa shape index (κ2) is 6.37. The minimum atomic E-state index is 0.206. The average Bonchev–Trinajstić information content (AvgIpc) is 3.31. The van der Waals surface area contributed by atoms with Gasteiger partial charge in [-0.25, -0.2) is 0 Å². The molecule has 3 fully saturated rings. The molecule has 3 nitrogen and oxygen atoms in total. The van der Waals surface area contributed by atoms with Gasteiger partial charge in [0.2, 0.25) is 0 Å². The monoisotopic (exact) mass is 342 g/mol. The van der Waals surface area contributed by atoms with Crippen LogP contribution in [-0.2, 0) is 10.3 Å². The van der Waals surface area contributed by atoms with E-state index in [1.54, 1.807) is 0 Å². The fourth-order valence-corrected chi connectivity index (χ4v) is 5.48. The summed E-state index contributed by atoms with van der Waals surface area (Å²) in [7, 11) is 6.42. The van der Waals surface area contributed by atoms with Crippen molar-refractivity contribution in [1.82, 2.24) is 9.80 Å². The first-order valence-electron chi connectivity index (χ1n) is 10.0. The molecule has 0 N–H and O–H groups in total. The highest BCUT2D eigenvalue weighted by atomic mass is 16.5. The molecule has 0 radical (unpaired) electrons. The Kier molecular flexibility index (Phi) is 4.46. The molecule has 1 saturated heterocycles. The van der Waals surface area contributed by atoms with Gasteiger partial charge in [0.1, 0.15) is 0 Å². The predicted molar refractivity (Wildman–Crippen MR) is 103 cm³/mol. The van der Waals surface area contributed by atoms with Crippen LogP contribution in [0.15, 0.2) is 30.3 Å². The first-order valence-corrected chi connectivity index (χ1v) is 10.0. The van der Waals surface area contributed by atoms with Crippen LogP contribution >= 0.6 is 0 Å². The number of likely N-dealkylation sites (tertiary alicyclic amines) is 1. The van der Waals surface area contributed by atoms with Crippen molar-refractivity contribution >= 4 is 0 Å². The van der Waals surface area contributed by atoms with Crippen molar-refractivity contribution in [2.45, 2.75) is 56.1 Å². The minimum Gasteiger partial charge on any atom is -0.377 e. The van der Waals surface area contributed by atoms with Crippen molar-refractivity contribution in [3.63, 3.8) is 0 Å². The Morgan fingerprint density at radius 2 is 1.64 bits per heavy atom. The van der Waals surface area contributed by atoms with Crippen molar-refractivity contribution in [1.29, 1.82) is 0 Å². The standard InChI is InChI=1S/C22H34N2O/c1-23(2)22(19-7-5-4-6-8-19)13-9-20(10-14-22)15-16-24(17-20)18-21(25-3)11-12-21/h4-8H,9-18H2,1-3H3. The van der Waals surface area contributed by atoms with Gasteiger partial charge in [0.25, 0.3) is 0 Å². The van der Waals surface area contributed by atoms with Gasteiger partial charge in [-0.3, -0.25) is 9.80 Å². The number of rotatable bonds is 5. The highest BCUT2D eigenvalue weighted by Gasteiger charge is 2.50. The molecule has 25 heavy (non-hydrogen) atoms. The van der Waals surface area contributed by atoms with Crippen molar-refractivity contribution < 1.29 is 4.74 Å². The van der Waals surface area contributed by atoms with E-state index in [1.807, 2.05) is 7.11 Å². The van der Waals surface area contributed by atoms with Gasteiger partial charge in [-0.05, 0) is 76.6 Å². The molecule has 2 aliphatic carbocycles. The van der Waals surface area contributed by atoms with E-state index in [1.165, 1.54) is 63.6 Å². The highest BCUT2D eigenvalue weighted by molar-refractivity contribution is 5.26. The lowest BCUT2D eigenvalue weighted by Gasteiger charge is -2.49. The van der Waals surface area contributed by atoms with Gasteiger partial charge in [0, 0.05) is 25.7 Å². The lowest BCUT2D eigenvalue weighted by Crippen LogP contribution is -2.47. The largest absolute Gasteiger partial charge is 0.377 e. The van der Waals surface area contributed by atoms with Crippen molar-refractivity contribution in [2.24, 2.45) is 5.41 Å². The van der Waals surface area contributed by atoms with Gasteiger partial charge < -0.3 is 4.74 Å². The Morgan fingerprint density at radius 3 is 2.20 bits per heavy atom. The zero-order valence-corrected chi connectivity index (χ0v) is 16.3. The third-order valence-corrected chi connectivity index (χ3v) is 7.57. The fraction of sp³-hybridized carbons (Fsp3) is 0.727. The summed E-state index contributed by atoms with van der Waals surface area (Å²) in [6.45, 7) is 3.71. The van der Waals surface area contributed by atoms with Crippen LogP contribution in [0.25, 0.3) is 0 Å². The van der Waals surface area contributed by atoms with E-state index in [9.17, 15) is 0 Å². The molecule has 0 bridgehead atoms. The first kappa shape index (κ1) is 17.5. The van der Waals surface area contributed by atoms with Crippen LogP contribution in [0.4, 0.5) is 0 Å². The van der Waals surface area contributed by atoms with Crippen LogP contribution in [0.2, 0.25) is 0 Å². The Balaban J connectivity index is 1.44. The van der Waals surface area contributed by atoms with E-state index in [-0.39, 0.29) is 11.1 Å². The Hall–Kier alpha value is -0.900. The van der Waals surface area contributed by atoms with E-state index >= 15 is 0 Å². The third kappa shape index (κ3) is 3.15. The summed E-state index contributed by atoms with van der Waals surface area (Å²) in [5.41, 5.74) is 2.49. The van der Waals surface area contributed by atoms with Crippen LogP contribution in [0, 0.1) is 5.41 Å². The summed E-state index contributed by atoms with van der Waals surface area (Å²) >= 11 is 0. The SMILES string of the molecule is COC1(CN2CCC3(CCC(c4ccccc4)(N(C)C)CC3)C2)CC1. The predicted octanol–water partition coefficient (Wildman–Crippen LogP) is 3.89. The summed E-state index contributed by atoms with van der Waals surface area (Å²) in [6, 6.07) is 11.2. The Morgan fingerprint density at radius 1 is 0.960 bits per heavy atom. The summed E-state index contributed by atoms with van der Waals surface area (Å²) in [6.07, 6.45) is 9.17. The molecule has 0 atom stereocenters. The van der Waals surface area contributed by atoms with E-state index in [0.717, 1.165) is 6.54 Å². The maximum absolute atomic E-state index is 5.76. The molecule has 1 spiro atoms. The maximum Gasteiger partial charge on any atom is 0.0807 e. The highest BCUT2D eigenvalue weighted by Crippen LogP contribution is 2.52. The number of nitrogens with zero attached hydrogens (tertiary/aromatic N) is 2. The topological polar surface area (TPSA) is 15.7 Å². The molecule has 3 heteroatoms. The van der Waals surface area contributed by atoms with Gasteiger partial charge in [-0.2, -0.15) is 0 Å². The molecular formula is C22H34N2O. The number of ether oxygens (including phenoxy) is 1. The van der Waals surface area contributed by atoms with Gasteiger partial charge in [-0.15, -0.1) is 0 Å². The fourth-order valence-electron chi connectivity index (χ4n) is 5.48. The van der Waals surface area contributed by atoms with Crippen LogP contribution < -0.4 is 0 Å². The zero-order valence-electron chi connectivity index (χ0n) is 16.3. The van der Waals surface area contributed by atoms with Gasteiger partial charge >= 0.3 is 0 Å². The number of methoxy groups -OCH3 is 1. The molecule has 0 unspecified atom stereocenters. The van der Waals surface area contributed by atoms with Crippen LogP contribution in [-0.4, -0.2) is 56.2 Å². The molecule has 0 aromatic heterocycles. The van der Waals surface area contributed by atoms with Crippen LogP contribution in [0.3, 0.4) is 0 Å². The molecule has 138 valence electrons. The molecule has 4 rings (SSSR count). The van der Waals surface area contributed by atoms with E-state index < -0.39 is 0 Å². The van der Waals surface area contributed by atoms with Crippen molar-refractivity contribution in [3.05, 3.63) is 35.9 Å². The second-order valence-corrected chi connectivity index (χ2v) is 9.14. The van der Waals surface area contributed by atoms with Crippen molar-refractivity contribution in [3.8, 4) is 0 Å². The van der Waals surface area contributed by atoms with E-state index in [0.29, 0.717) is 5.41 Å².